The second kappa shape index (κ2) is 3.71. The highest BCUT2D eigenvalue weighted by molar-refractivity contribution is 9.10. The van der Waals surface area contributed by atoms with Gasteiger partial charge >= 0.3 is 0 Å². The standard InChI is InChI=1S/C16H11Br/c1-3-11-5-6-12-7-9-14(17)13-8-4-10(2)15(11)16(12)13/h3-9H,1-2H2. The molecule has 0 spiro atoms. The van der Waals surface area contributed by atoms with Gasteiger partial charge in [-0.15, -0.1) is 0 Å². The van der Waals surface area contributed by atoms with Crippen molar-refractivity contribution in [2.24, 2.45) is 0 Å². The first-order chi connectivity index (χ1) is 8.22. The molecule has 0 saturated carbocycles. The van der Waals surface area contributed by atoms with E-state index in [4.69, 9.17) is 0 Å². The zero-order chi connectivity index (χ0) is 12.0. The molecule has 0 atom stereocenters. The monoisotopic (exact) mass is 282 g/mol. The number of hydrogen-bond acceptors (Lipinski definition) is 0. The first kappa shape index (κ1) is 10.5. The zero-order valence-electron chi connectivity index (χ0n) is 9.33. The quantitative estimate of drug-likeness (QED) is 0.615. The Morgan fingerprint density at radius 3 is 2.47 bits per heavy atom. The third-order valence-corrected chi connectivity index (χ3v) is 3.89. The summed E-state index contributed by atoms with van der Waals surface area (Å²) < 4.78 is 1.12. The normalized spacial score (nSPS) is 11.1. The Labute approximate surface area is 108 Å². The molecule has 0 nitrogen and oxygen atoms in total. The van der Waals surface area contributed by atoms with Gasteiger partial charge in [0.15, 0.2) is 0 Å². The van der Waals surface area contributed by atoms with E-state index >= 15 is 0 Å². The van der Waals surface area contributed by atoms with Crippen LogP contribution in [0.2, 0.25) is 0 Å². The van der Waals surface area contributed by atoms with Crippen molar-refractivity contribution < 1.29 is 0 Å². The maximum atomic E-state index is 4.13. The molecule has 17 heavy (non-hydrogen) atoms. The Kier molecular flexibility index (Phi) is 2.30. The van der Waals surface area contributed by atoms with Gasteiger partial charge < -0.3 is 0 Å². The fourth-order valence-corrected chi connectivity index (χ4v) is 2.84. The highest BCUT2D eigenvalue weighted by Gasteiger charge is 2.07. The van der Waals surface area contributed by atoms with Crippen LogP contribution in [-0.2, 0) is 0 Å². The summed E-state index contributed by atoms with van der Waals surface area (Å²) in [6.45, 7) is 8.01. The summed E-state index contributed by atoms with van der Waals surface area (Å²) in [5, 5.41) is 6.00. The summed E-state index contributed by atoms with van der Waals surface area (Å²) >= 11 is 3.61. The molecule has 3 aromatic rings. The molecule has 0 radical (unpaired) electrons. The second-order valence-electron chi connectivity index (χ2n) is 4.15. The molecule has 0 fully saturated rings. The van der Waals surface area contributed by atoms with Crippen molar-refractivity contribution in [3.63, 3.8) is 0 Å². The molecule has 0 heterocycles. The molecular weight excluding hydrogens is 272 g/mol. The van der Waals surface area contributed by atoms with E-state index < -0.39 is 0 Å². The molecule has 1 heteroatoms. The van der Waals surface area contributed by atoms with Crippen molar-refractivity contribution >= 4 is 50.1 Å². The van der Waals surface area contributed by atoms with Gasteiger partial charge in [-0.3, -0.25) is 0 Å². The first-order valence-corrected chi connectivity index (χ1v) is 6.26. The van der Waals surface area contributed by atoms with Gasteiger partial charge in [0.2, 0.25) is 0 Å². The van der Waals surface area contributed by atoms with Gasteiger partial charge in [-0.1, -0.05) is 65.5 Å². The van der Waals surface area contributed by atoms with Crippen LogP contribution in [0.5, 0.6) is 0 Å². The first-order valence-electron chi connectivity index (χ1n) is 5.47. The molecule has 82 valence electrons. The maximum absolute atomic E-state index is 4.13. The van der Waals surface area contributed by atoms with Gasteiger partial charge in [-0.2, -0.15) is 0 Å². The Hall–Kier alpha value is -1.60. The predicted octanol–water partition coefficient (Wildman–Crippen LogP) is 4.53. The lowest BCUT2D eigenvalue weighted by Gasteiger charge is -2.10. The highest BCUT2D eigenvalue weighted by Crippen LogP contribution is 2.32. The minimum absolute atomic E-state index is 1.05. The number of rotatable bonds is 1. The molecule has 0 aromatic heterocycles. The molecule has 3 aromatic carbocycles. The zero-order valence-corrected chi connectivity index (χ0v) is 10.9. The number of halogens is 1. The van der Waals surface area contributed by atoms with Crippen molar-refractivity contribution in [2.75, 3.05) is 0 Å². The lowest BCUT2D eigenvalue weighted by Crippen LogP contribution is -2.01. The van der Waals surface area contributed by atoms with E-state index in [1.165, 1.54) is 21.5 Å². The molecule has 0 aliphatic rings. The average molecular weight is 283 g/mol. The van der Waals surface area contributed by atoms with E-state index in [1.807, 2.05) is 6.08 Å². The topological polar surface area (TPSA) is 0 Å². The summed E-state index contributed by atoms with van der Waals surface area (Å²) in [5.74, 6) is 0. The Balaban J connectivity index is 2.75. The van der Waals surface area contributed by atoms with Gasteiger partial charge in [-0.25, -0.2) is 0 Å². The van der Waals surface area contributed by atoms with Crippen molar-refractivity contribution in [1.29, 1.82) is 0 Å². The predicted molar refractivity (Wildman–Crippen MR) is 80.0 cm³/mol. The van der Waals surface area contributed by atoms with E-state index in [9.17, 15) is 0 Å². The minimum atomic E-state index is 1.05. The second-order valence-corrected chi connectivity index (χ2v) is 5.01. The summed E-state index contributed by atoms with van der Waals surface area (Å²) in [6.07, 6.45) is 1.89. The van der Waals surface area contributed by atoms with E-state index in [0.717, 1.165) is 15.3 Å². The van der Waals surface area contributed by atoms with Crippen molar-refractivity contribution in [1.82, 2.24) is 0 Å². The van der Waals surface area contributed by atoms with Crippen LogP contribution < -0.4 is 5.22 Å². The van der Waals surface area contributed by atoms with E-state index in [1.54, 1.807) is 0 Å². The van der Waals surface area contributed by atoms with Crippen LogP contribution in [-0.4, -0.2) is 0 Å². The van der Waals surface area contributed by atoms with Gasteiger partial charge in [-0.05, 0) is 38.4 Å². The van der Waals surface area contributed by atoms with Crippen LogP contribution in [0.15, 0.2) is 47.4 Å². The van der Waals surface area contributed by atoms with Gasteiger partial charge in [0, 0.05) is 4.47 Å². The third kappa shape index (κ3) is 1.43. The molecule has 0 aliphatic heterocycles. The summed E-state index contributed by atoms with van der Waals surface area (Å²) in [7, 11) is 0. The van der Waals surface area contributed by atoms with E-state index in [0.29, 0.717) is 0 Å². The molecule has 0 unspecified atom stereocenters. The summed E-state index contributed by atoms with van der Waals surface area (Å²) in [5.41, 5.74) is 1.14. The molecule has 0 saturated heterocycles. The Morgan fingerprint density at radius 2 is 1.71 bits per heavy atom. The Bertz CT molecular complexity index is 784. The van der Waals surface area contributed by atoms with Crippen LogP contribution in [0.3, 0.4) is 0 Å². The molecule has 0 N–H and O–H groups in total. The Morgan fingerprint density at radius 1 is 0.941 bits per heavy atom. The molecule has 0 amide bonds. The van der Waals surface area contributed by atoms with Crippen molar-refractivity contribution in [2.45, 2.75) is 0 Å². The average Bonchev–Trinajstić information content (AvgIpc) is 2.35. The van der Waals surface area contributed by atoms with Crippen molar-refractivity contribution in [3.8, 4) is 0 Å². The summed E-state index contributed by atoms with van der Waals surface area (Å²) in [6, 6.07) is 12.6. The lowest BCUT2D eigenvalue weighted by atomic mass is 9.95. The minimum Gasteiger partial charge on any atom is -0.0984 e. The van der Waals surface area contributed by atoms with Gasteiger partial charge in [0.25, 0.3) is 0 Å². The van der Waals surface area contributed by atoms with Crippen LogP contribution in [0.25, 0.3) is 34.2 Å². The van der Waals surface area contributed by atoms with Crippen molar-refractivity contribution in [3.05, 3.63) is 58.2 Å². The van der Waals surface area contributed by atoms with Crippen LogP contribution in [0.1, 0.15) is 5.56 Å². The van der Waals surface area contributed by atoms with E-state index in [2.05, 4.69) is 65.5 Å². The lowest BCUT2D eigenvalue weighted by molar-refractivity contribution is 1.67. The van der Waals surface area contributed by atoms with Gasteiger partial charge in [0.05, 0.1) is 0 Å². The van der Waals surface area contributed by atoms with Gasteiger partial charge in [0.1, 0.15) is 0 Å². The van der Waals surface area contributed by atoms with Crippen LogP contribution >= 0.6 is 15.9 Å². The summed E-state index contributed by atoms with van der Waals surface area (Å²) in [4.78, 5) is 0. The van der Waals surface area contributed by atoms with Crippen LogP contribution in [0.4, 0.5) is 0 Å². The highest BCUT2D eigenvalue weighted by atomic mass is 79.9. The largest absolute Gasteiger partial charge is 0.0984 e. The SMILES string of the molecule is C=Cc1ccc2ccc(Br)c3ccc(=C)c1c23. The molecule has 0 bridgehead atoms. The molecule has 3 rings (SSSR count). The fourth-order valence-electron chi connectivity index (χ4n) is 2.38. The number of hydrogen-bond donors (Lipinski definition) is 0. The third-order valence-electron chi connectivity index (χ3n) is 3.20. The smallest absolute Gasteiger partial charge is 0.0254 e. The maximum Gasteiger partial charge on any atom is 0.0254 e. The fraction of sp³-hybridized carbons (Fsp3) is 0. The number of benzene rings is 3. The molecule has 0 aliphatic carbocycles. The van der Waals surface area contributed by atoms with Crippen LogP contribution in [0, 0.1) is 0 Å². The molecular formula is C16H11Br. The van der Waals surface area contributed by atoms with E-state index in [-0.39, 0.29) is 0 Å².